The number of carbonyl (C=O) groups is 1. The summed E-state index contributed by atoms with van der Waals surface area (Å²) in [6.07, 6.45) is -0.282. The van der Waals surface area contributed by atoms with E-state index in [1.807, 2.05) is 6.92 Å². The highest BCUT2D eigenvalue weighted by atomic mass is 16.2. The van der Waals surface area contributed by atoms with Crippen molar-refractivity contribution >= 4 is 5.91 Å². The second-order valence-electron chi connectivity index (χ2n) is 3.90. The molecule has 0 aliphatic heterocycles. The molecule has 0 aromatic carbocycles. The summed E-state index contributed by atoms with van der Waals surface area (Å²) in [7, 11) is 0. The predicted molar refractivity (Wildman–Crippen MR) is 58.8 cm³/mol. The molecule has 2 atom stereocenters. The van der Waals surface area contributed by atoms with Crippen molar-refractivity contribution < 1.29 is 4.79 Å². The lowest BCUT2D eigenvalue weighted by Crippen LogP contribution is -2.51. The molecule has 14 heavy (non-hydrogen) atoms. The van der Waals surface area contributed by atoms with Gasteiger partial charge in [-0.1, -0.05) is 6.92 Å². The summed E-state index contributed by atoms with van der Waals surface area (Å²) in [6, 6.07) is 0.250. The lowest BCUT2D eigenvalue weighted by molar-refractivity contribution is -0.127. The Morgan fingerprint density at radius 1 is 1.36 bits per heavy atom. The highest BCUT2D eigenvalue weighted by Gasteiger charge is 2.22. The Balaban J connectivity index is 4.27. The van der Waals surface area contributed by atoms with Gasteiger partial charge in [-0.15, -0.1) is 0 Å². The quantitative estimate of drug-likeness (QED) is 0.638. The highest BCUT2D eigenvalue weighted by Crippen LogP contribution is 2.04. The molecule has 0 aromatic heterocycles. The summed E-state index contributed by atoms with van der Waals surface area (Å²) in [6.45, 7) is 10.7. The molecular weight excluding hydrogens is 178 g/mol. The van der Waals surface area contributed by atoms with Crippen LogP contribution in [0.25, 0.3) is 0 Å². The summed E-state index contributed by atoms with van der Waals surface area (Å²) in [4.78, 5) is 13.7. The van der Waals surface area contributed by atoms with E-state index in [1.165, 1.54) is 0 Å². The molecule has 0 rings (SSSR count). The van der Waals surface area contributed by atoms with Crippen LogP contribution in [-0.4, -0.2) is 35.6 Å². The SMILES string of the molecule is CCN(C(C)C)[C@@H](C)C(=O)NC(C)N. The summed E-state index contributed by atoms with van der Waals surface area (Å²) in [5, 5.41) is 2.71. The highest BCUT2D eigenvalue weighted by molar-refractivity contribution is 5.81. The Bertz CT molecular complexity index is 180. The molecule has 0 saturated heterocycles. The molecule has 3 N–H and O–H groups in total. The zero-order valence-corrected chi connectivity index (χ0v) is 9.87. The molecule has 0 spiro atoms. The smallest absolute Gasteiger partial charge is 0.238 e. The zero-order chi connectivity index (χ0) is 11.3. The number of rotatable bonds is 5. The fraction of sp³-hybridized carbons (Fsp3) is 0.900. The van der Waals surface area contributed by atoms with E-state index in [2.05, 4.69) is 31.0 Å². The van der Waals surface area contributed by atoms with Crippen molar-refractivity contribution in [3.8, 4) is 0 Å². The fourth-order valence-corrected chi connectivity index (χ4v) is 1.58. The van der Waals surface area contributed by atoms with E-state index in [1.54, 1.807) is 6.92 Å². The third-order valence-electron chi connectivity index (χ3n) is 2.28. The van der Waals surface area contributed by atoms with Gasteiger partial charge >= 0.3 is 0 Å². The van der Waals surface area contributed by atoms with E-state index < -0.39 is 0 Å². The molecule has 0 heterocycles. The molecule has 0 bridgehead atoms. The van der Waals surface area contributed by atoms with Crippen molar-refractivity contribution in [2.45, 2.75) is 52.9 Å². The van der Waals surface area contributed by atoms with Gasteiger partial charge in [-0.2, -0.15) is 0 Å². The third kappa shape index (κ3) is 4.07. The normalized spacial score (nSPS) is 15.7. The van der Waals surface area contributed by atoms with Crippen molar-refractivity contribution in [3.05, 3.63) is 0 Å². The molecule has 1 unspecified atom stereocenters. The van der Waals surface area contributed by atoms with E-state index in [4.69, 9.17) is 5.73 Å². The van der Waals surface area contributed by atoms with Crippen molar-refractivity contribution in [1.82, 2.24) is 10.2 Å². The van der Waals surface area contributed by atoms with Crippen molar-refractivity contribution in [2.75, 3.05) is 6.54 Å². The monoisotopic (exact) mass is 201 g/mol. The standard InChI is InChI=1S/C10H23N3O/c1-6-13(7(2)3)8(4)10(14)12-9(5)11/h7-9H,6,11H2,1-5H3,(H,12,14)/t8-,9?/m0/s1. The largest absolute Gasteiger partial charge is 0.340 e. The second-order valence-corrected chi connectivity index (χ2v) is 3.90. The fourth-order valence-electron chi connectivity index (χ4n) is 1.58. The van der Waals surface area contributed by atoms with Gasteiger partial charge in [0.15, 0.2) is 0 Å². The van der Waals surface area contributed by atoms with Gasteiger partial charge in [0.2, 0.25) is 5.91 Å². The van der Waals surface area contributed by atoms with Crippen LogP contribution in [0.15, 0.2) is 0 Å². The van der Waals surface area contributed by atoms with Gasteiger partial charge in [0.25, 0.3) is 0 Å². The Kier molecular flexibility index (Phi) is 5.72. The first kappa shape index (κ1) is 13.4. The van der Waals surface area contributed by atoms with Crippen LogP contribution >= 0.6 is 0 Å². The summed E-state index contributed by atoms with van der Waals surface area (Å²) < 4.78 is 0. The Morgan fingerprint density at radius 3 is 2.14 bits per heavy atom. The van der Waals surface area contributed by atoms with E-state index in [0.29, 0.717) is 6.04 Å². The van der Waals surface area contributed by atoms with Crippen LogP contribution in [0.5, 0.6) is 0 Å². The van der Waals surface area contributed by atoms with Gasteiger partial charge in [-0.25, -0.2) is 0 Å². The van der Waals surface area contributed by atoms with Gasteiger partial charge in [0, 0.05) is 6.04 Å². The van der Waals surface area contributed by atoms with Crippen LogP contribution in [0.3, 0.4) is 0 Å². The summed E-state index contributed by atoms with van der Waals surface area (Å²) >= 11 is 0. The Hall–Kier alpha value is -0.610. The number of nitrogens with two attached hydrogens (primary N) is 1. The topological polar surface area (TPSA) is 58.4 Å². The van der Waals surface area contributed by atoms with E-state index in [0.717, 1.165) is 6.54 Å². The van der Waals surface area contributed by atoms with Crippen LogP contribution in [-0.2, 0) is 4.79 Å². The number of hydrogen-bond acceptors (Lipinski definition) is 3. The third-order valence-corrected chi connectivity index (χ3v) is 2.28. The molecule has 4 heteroatoms. The maximum Gasteiger partial charge on any atom is 0.238 e. The number of hydrogen-bond donors (Lipinski definition) is 2. The molecule has 84 valence electrons. The van der Waals surface area contributed by atoms with Crippen molar-refractivity contribution in [3.63, 3.8) is 0 Å². The molecule has 4 nitrogen and oxygen atoms in total. The van der Waals surface area contributed by atoms with Gasteiger partial charge in [0.05, 0.1) is 12.2 Å². The molecular formula is C10H23N3O. The first-order valence-electron chi connectivity index (χ1n) is 5.21. The average Bonchev–Trinajstić information content (AvgIpc) is 2.03. The van der Waals surface area contributed by atoms with Crippen LogP contribution in [0.1, 0.15) is 34.6 Å². The summed E-state index contributed by atoms with van der Waals surface area (Å²) in [5.74, 6) is -0.00412. The summed E-state index contributed by atoms with van der Waals surface area (Å²) in [5.41, 5.74) is 5.50. The average molecular weight is 201 g/mol. The maximum atomic E-state index is 11.6. The molecule has 1 amide bonds. The minimum atomic E-state index is -0.282. The van der Waals surface area contributed by atoms with E-state index in [9.17, 15) is 4.79 Å². The van der Waals surface area contributed by atoms with Crippen LogP contribution in [0.2, 0.25) is 0 Å². The van der Waals surface area contributed by atoms with E-state index in [-0.39, 0.29) is 18.1 Å². The lowest BCUT2D eigenvalue weighted by atomic mass is 10.2. The van der Waals surface area contributed by atoms with Gasteiger partial charge in [-0.05, 0) is 34.2 Å². The van der Waals surface area contributed by atoms with Gasteiger partial charge in [-0.3, -0.25) is 9.69 Å². The minimum Gasteiger partial charge on any atom is -0.340 e. The predicted octanol–water partition coefficient (Wildman–Crippen LogP) is 0.526. The lowest BCUT2D eigenvalue weighted by Gasteiger charge is -2.30. The zero-order valence-electron chi connectivity index (χ0n) is 9.87. The Labute approximate surface area is 86.8 Å². The first-order valence-corrected chi connectivity index (χ1v) is 5.21. The van der Waals surface area contributed by atoms with Gasteiger partial charge in [0.1, 0.15) is 0 Å². The molecule has 0 aromatic rings. The number of carbonyl (C=O) groups excluding carboxylic acids is 1. The molecule has 0 aliphatic carbocycles. The molecule has 0 saturated carbocycles. The van der Waals surface area contributed by atoms with Crippen LogP contribution in [0, 0.1) is 0 Å². The molecule has 0 fully saturated rings. The molecule has 0 radical (unpaired) electrons. The minimum absolute atomic E-state index is 0.00412. The number of nitrogens with zero attached hydrogens (tertiary/aromatic N) is 1. The number of amides is 1. The van der Waals surface area contributed by atoms with Crippen LogP contribution < -0.4 is 11.1 Å². The Morgan fingerprint density at radius 2 is 1.86 bits per heavy atom. The number of nitrogens with one attached hydrogen (secondary N) is 1. The second kappa shape index (κ2) is 5.98. The molecule has 0 aliphatic rings. The van der Waals surface area contributed by atoms with Crippen molar-refractivity contribution in [1.29, 1.82) is 0 Å². The van der Waals surface area contributed by atoms with Gasteiger partial charge < -0.3 is 11.1 Å². The van der Waals surface area contributed by atoms with Crippen LogP contribution in [0.4, 0.5) is 0 Å². The first-order chi connectivity index (χ1) is 6.40. The van der Waals surface area contributed by atoms with E-state index >= 15 is 0 Å². The van der Waals surface area contributed by atoms with Crippen molar-refractivity contribution in [2.24, 2.45) is 5.73 Å². The number of likely N-dealkylation sites (N-methyl/N-ethyl adjacent to an activating group) is 1. The maximum absolute atomic E-state index is 11.6.